The van der Waals surface area contributed by atoms with Crippen LogP contribution < -0.4 is 5.41 Å². The maximum Gasteiger partial charge on any atom is 0.420 e. The molecule has 0 aromatic heterocycles. The molecule has 0 fully saturated rings. The summed E-state index contributed by atoms with van der Waals surface area (Å²) in [6, 6.07) is 0. The van der Waals surface area contributed by atoms with E-state index in [0.29, 0.717) is 0 Å². The fourth-order valence-electron chi connectivity index (χ4n) is 0. The van der Waals surface area contributed by atoms with Crippen molar-refractivity contribution in [1.82, 2.24) is 0 Å². The van der Waals surface area contributed by atoms with E-state index in [1.807, 2.05) is 0 Å². The van der Waals surface area contributed by atoms with Crippen molar-refractivity contribution in [2.45, 2.75) is 0 Å². The molecule has 0 rings (SSSR count). The van der Waals surface area contributed by atoms with Gasteiger partial charge in [-0.05, 0) is 0 Å². The smallest absolute Gasteiger partial charge is 0.420 e. The summed E-state index contributed by atoms with van der Waals surface area (Å²) in [5.74, 6) is 0. The molecule has 0 aromatic carbocycles. The van der Waals surface area contributed by atoms with Crippen molar-refractivity contribution in [3.8, 4) is 0 Å². The van der Waals surface area contributed by atoms with Crippen molar-refractivity contribution < 1.29 is 10.2 Å². The van der Waals surface area contributed by atoms with Crippen molar-refractivity contribution in [3.63, 3.8) is 0 Å². The van der Waals surface area contributed by atoms with Gasteiger partial charge in [-0.1, -0.05) is 0 Å². The SMILES string of the molecule is [C-]#N.[NH2+]=C=O. The molecule has 26 valence electrons. The Labute approximate surface area is 29.3 Å². The van der Waals surface area contributed by atoms with E-state index in [1.54, 1.807) is 0 Å². The van der Waals surface area contributed by atoms with Gasteiger partial charge in [0, 0.05) is 0 Å². The van der Waals surface area contributed by atoms with E-state index in [0.717, 1.165) is 6.08 Å². The van der Waals surface area contributed by atoms with Gasteiger partial charge in [-0.25, -0.2) is 0 Å². The number of nitrogens with two attached hydrogens (primary N) is 1. The van der Waals surface area contributed by atoms with E-state index in [-0.39, 0.29) is 0 Å². The Kier molecular flexibility index (Phi) is 1080. The lowest BCUT2D eigenvalue weighted by Crippen LogP contribution is -2.24. The Morgan fingerprint density at radius 2 is 1.80 bits per heavy atom. The van der Waals surface area contributed by atoms with Crippen molar-refractivity contribution in [1.29, 1.82) is 5.26 Å². The van der Waals surface area contributed by atoms with Crippen LogP contribution in [0.4, 0.5) is 0 Å². The Morgan fingerprint density at radius 1 is 1.80 bits per heavy atom. The van der Waals surface area contributed by atoms with Gasteiger partial charge in [0.1, 0.15) is 0 Å². The van der Waals surface area contributed by atoms with Crippen LogP contribution in [0.3, 0.4) is 0 Å². The average Bonchev–Trinajstić information content (AvgIpc) is 1.46. The molecule has 2 N–H and O–H groups in total. The summed E-state index contributed by atoms with van der Waals surface area (Å²) >= 11 is 0. The van der Waals surface area contributed by atoms with Crippen molar-refractivity contribution >= 4 is 6.08 Å². The molecule has 0 aliphatic carbocycles. The highest BCUT2D eigenvalue weighted by Crippen LogP contribution is 0.627. The van der Waals surface area contributed by atoms with Crippen LogP contribution >= 0.6 is 0 Å². The third kappa shape index (κ3) is 1.70. The number of isocyanates is 1. The molecule has 0 spiro atoms. The summed E-state index contributed by atoms with van der Waals surface area (Å²) in [5.41, 5.74) is 0. The largest absolute Gasteiger partial charge is 0.512 e. The van der Waals surface area contributed by atoms with E-state index in [2.05, 4.69) is 5.41 Å². The molecule has 0 saturated carbocycles. The third-order valence-electron chi connectivity index (χ3n) is 0. The number of hydrogen-bond acceptors (Lipinski definition) is 2. The quantitative estimate of drug-likeness (QED) is 0.207. The van der Waals surface area contributed by atoms with E-state index >= 15 is 0 Å². The first kappa shape index (κ1) is 9.12. The van der Waals surface area contributed by atoms with Gasteiger partial charge >= 0.3 is 6.08 Å². The first-order chi connectivity index (χ1) is 2.41. The fourth-order valence-corrected chi connectivity index (χ4v) is 0. The monoisotopic (exact) mass is 70.0 g/mol. The van der Waals surface area contributed by atoms with Crippen LogP contribution in [-0.2, 0) is 4.79 Å². The zero-order valence-electron chi connectivity index (χ0n) is 2.43. The fraction of sp³-hybridized carbons (Fsp3) is 0. The molecule has 0 bridgehead atoms. The van der Waals surface area contributed by atoms with Gasteiger partial charge < -0.3 is 11.8 Å². The van der Waals surface area contributed by atoms with Gasteiger partial charge in [-0.3, -0.25) is 0 Å². The highest BCUT2D eigenvalue weighted by atomic mass is 16.1. The van der Waals surface area contributed by atoms with E-state index in [9.17, 15) is 0 Å². The van der Waals surface area contributed by atoms with Gasteiger partial charge in [0.15, 0.2) is 0 Å². The van der Waals surface area contributed by atoms with Crippen molar-refractivity contribution in [2.75, 3.05) is 0 Å². The van der Waals surface area contributed by atoms with Crippen molar-refractivity contribution in [3.05, 3.63) is 6.57 Å². The number of rotatable bonds is 0. The first-order valence-electron chi connectivity index (χ1n) is 0.716. The summed E-state index contributed by atoms with van der Waals surface area (Å²) in [7, 11) is 0. The van der Waals surface area contributed by atoms with Crippen LogP contribution in [0, 0.1) is 11.8 Å². The van der Waals surface area contributed by atoms with E-state index in [1.165, 1.54) is 0 Å². The molecule has 0 aliphatic heterocycles. The first-order valence-corrected chi connectivity index (χ1v) is 0.716. The highest BCUT2D eigenvalue weighted by molar-refractivity contribution is 5.21. The second-order valence-electron chi connectivity index (χ2n) is 0.118. The van der Waals surface area contributed by atoms with E-state index < -0.39 is 0 Å². The zero-order chi connectivity index (χ0) is 4.71. The van der Waals surface area contributed by atoms with Gasteiger partial charge in [0.05, 0.1) is 0 Å². The topological polar surface area (TPSA) is 66.4 Å². The molecule has 0 aromatic rings. The molecule has 0 heterocycles. The summed E-state index contributed by atoms with van der Waals surface area (Å²) in [5, 5.41) is 10.3. The Morgan fingerprint density at radius 3 is 1.80 bits per heavy atom. The lowest BCUT2D eigenvalue weighted by Gasteiger charge is -1.08. The zero-order valence-corrected chi connectivity index (χ0v) is 2.43. The minimum absolute atomic E-state index is 1.00. The van der Waals surface area contributed by atoms with Crippen LogP contribution in [0.2, 0.25) is 0 Å². The van der Waals surface area contributed by atoms with Gasteiger partial charge in [-0.2, -0.15) is 10.2 Å². The van der Waals surface area contributed by atoms with Crippen LogP contribution in [0.15, 0.2) is 0 Å². The normalized spacial score (nSPS) is 2.00. The molecular weight excluding hydrogens is 68.0 g/mol. The summed E-state index contributed by atoms with van der Waals surface area (Å²) < 4.78 is 0. The molecule has 3 heteroatoms. The number of nitrogens with zero attached hydrogens (tertiary/aromatic N) is 1. The molecule has 5 heavy (non-hydrogen) atoms. The highest BCUT2D eigenvalue weighted by Gasteiger charge is 1.17. The average molecular weight is 70.1 g/mol. The number of carbonyl (C=O) groups excluding carboxylic acids is 1. The lowest BCUT2D eigenvalue weighted by molar-refractivity contribution is -0.111. The van der Waals surface area contributed by atoms with Gasteiger partial charge in [0.2, 0.25) is 0 Å². The molecule has 0 saturated heterocycles. The number of hydrogen-bond donors (Lipinski definition) is 1. The third-order valence-corrected chi connectivity index (χ3v) is 0. The van der Waals surface area contributed by atoms with Crippen LogP contribution in [0.25, 0.3) is 0 Å². The maximum atomic E-state index is 8.46. The van der Waals surface area contributed by atoms with E-state index in [4.69, 9.17) is 16.6 Å². The van der Waals surface area contributed by atoms with Gasteiger partial charge in [0.25, 0.3) is 0 Å². The second-order valence-corrected chi connectivity index (χ2v) is 0.118. The molecular formula is C2H2N2O. The van der Waals surface area contributed by atoms with Gasteiger partial charge in [-0.15, -0.1) is 0 Å². The molecule has 0 radical (unpaired) electrons. The molecule has 3 nitrogen and oxygen atoms in total. The Bertz CT molecular complexity index is 49.9. The molecule has 0 amide bonds. The van der Waals surface area contributed by atoms with Crippen LogP contribution in [0.1, 0.15) is 0 Å². The Balaban J connectivity index is 0. The standard InChI is InChI=1S/CHNO.CN/c2-1-3;1-2/h2H;/q;-1/p+1. The summed E-state index contributed by atoms with van der Waals surface area (Å²) in [4.78, 5) is 8.46. The molecule has 0 aliphatic rings. The van der Waals surface area contributed by atoms with Crippen LogP contribution in [-0.4, -0.2) is 6.08 Å². The maximum absolute atomic E-state index is 8.46. The predicted octanol–water partition coefficient (Wildman–Crippen LogP) is -1.82. The minimum Gasteiger partial charge on any atom is -0.512 e. The Hall–Kier alpha value is -1.13. The second kappa shape index (κ2) is 594. The predicted molar refractivity (Wildman–Crippen MR) is 12.6 cm³/mol. The lowest BCUT2D eigenvalue weighted by atomic mass is 11.7. The molecule has 0 unspecified atom stereocenters. The summed E-state index contributed by atoms with van der Waals surface area (Å²) in [6.45, 7) is 4.75. The minimum atomic E-state index is 1.00. The van der Waals surface area contributed by atoms with Crippen LogP contribution in [0.5, 0.6) is 0 Å². The molecule has 0 atom stereocenters. The van der Waals surface area contributed by atoms with Crippen molar-refractivity contribution in [2.24, 2.45) is 0 Å². The summed E-state index contributed by atoms with van der Waals surface area (Å²) in [6.07, 6.45) is 1.00.